The molecule has 2 atom stereocenters. The van der Waals surface area contributed by atoms with Gasteiger partial charge in [-0.1, -0.05) is 19.3 Å². The molecule has 5 heteroatoms. The summed E-state index contributed by atoms with van der Waals surface area (Å²) in [5.74, 6) is -0.987. The van der Waals surface area contributed by atoms with Gasteiger partial charge in [0.2, 0.25) is 5.91 Å². The predicted molar refractivity (Wildman–Crippen MR) is 76.1 cm³/mol. The minimum atomic E-state index is -0.743. The van der Waals surface area contributed by atoms with Crippen molar-refractivity contribution in [2.24, 2.45) is 17.1 Å². The van der Waals surface area contributed by atoms with E-state index in [1.807, 2.05) is 0 Å². The van der Waals surface area contributed by atoms with Crippen molar-refractivity contribution in [3.05, 3.63) is 0 Å². The van der Waals surface area contributed by atoms with Gasteiger partial charge >= 0.3 is 5.97 Å². The van der Waals surface area contributed by atoms with Crippen molar-refractivity contribution in [2.75, 3.05) is 6.54 Å². The largest absolute Gasteiger partial charge is 0.481 e. The molecular weight excluding hydrogens is 256 g/mol. The van der Waals surface area contributed by atoms with Crippen LogP contribution >= 0.6 is 0 Å². The van der Waals surface area contributed by atoms with E-state index in [1.54, 1.807) is 0 Å². The number of amides is 1. The van der Waals surface area contributed by atoms with Crippen molar-refractivity contribution in [2.45, 2.75) is 63.8 Å². The summed E-state index contributed by atoms with van der Waals surface area (Å²) in [4.78, 5) is 23.1. The highest BCUT2D eigenvalue weighted by Gasteiger charge is 2.35. The molecule has 2 aliphatic carbocycles. The minimum Gasteiger partial charge on any atom is -0.481 e. The molecule has 0 bridgehead atoms. The van der Waals surface area contributed by atoms with Crippen molar-refractivity contribution in [3.63, 3.8) is 0 Å². The van der Waals surface area contributed by atoms with Crippen LogP contribution in [0.4, 0.5) is 0 Å². The van der Waals surface area contributed by atoms with E-state index < -0.39 is 5.97 Å². The normalized spacial score (nSPS) is 29.1. The lowest BCUT2D eigenvalue weighted by Gasteiger charge is -2.36. The zero-order valence-corrected chi connectivity index (χ0v) is 12.1. The molecule has 20 heavy (non-hydrogen) atoms. The highest BCUT2D eigenvalue weighted by molar-refractivity contribution is 5.77. The predicted octanol–water partition coefficient (Wildman–Crippen LogP) is 1.66. The Morgan fingerprint density at radius 2 is 1.90 bits per heavy atom. The molecule has 0 saturated heterocycles. The first-order valence-corrected chi connectivity index (χ1v) is 7.77. The van der Waals surface area contributed by atoms with Crippen molar-refractivity contribution in [1.82, 2.24) is 5.32 Å². The standard InChI is InChI=1S/C15H26N2O3/c16-10-15(6-2-1-3-7-15)9-13(18)17-12-5-4-11(8-12)14(19)20/h11-12H,1-10,16H2,(H,17,18)(H,19,20)/t11-,12+/m1/s1. The van der Waals surface area contributed by atoms with Gasteiger partial charge in [-0.25, -0.2) is 0 Å². The molecule has 0 aromatic heterocycles. The summed E-state index contributed by atoms with van der Waals surface area (Å²) in [5.41, 5.74) is 5.88. The number of carbonyl (C=O) groups is 2. The van der Waals surface area contributed by atoms with E-state index in [9.17, 15) is 9.59 Å². The maximum absolute atomic E-state index is 12.2. The third-order valence-electron chi connectivity index (χ3n) is 5.03. The van der Waals surface area contributed by atoms with Crippen LogP contribution in [0.15, 0.2) is 0 Å². The van der Waals surface area contributed by atoms with Crippen LogP contribution in [0.2, 0.25) is 0 Å². The first kappa shape index (κ1) is 15.3. The fourth-order valence-corrected chi connectivity index (χ4v) is 3.71. The van der Waals surface area contributed by atoms with Crippen LogP contribution in [-0.4, -0.2) is 29.6 Å². The van der Waals surface area contributed by atoms with Gasteiger partial charge in [0.15, 0.2) is 0 Å². The molecule has 0 aromatic carbocycles. The number of rotatable bonds is 5. The van der Waals surface area contributed by atoms with Gasteiger partial charge in [0.25, 0.3) is 0 Å². The Hall–Kier alpha value is -1.10. The Labute approximate surface area is 120 Å². The SMILES string of the molecule is NCC1(CC(=O)N[C@H]2CC[C@@H](C(=O)O)C2)CCCCC1. The van der Waals surface area contributed by atoms with Gasteiger partial charge in [-0.2, -0.15) is 0 Å². The van der Waals surface area contributed by atoms with E-state index in [-0.39, 0.29) is 23.3 Å². The second-order valence-electron chi connectivity index (χ2n) is 6.55. The quantitative estimate of drug-likeness (QED) is 0.715. The summed E-state index contributed by atoms with van der Waals surface area (Å²) in [6.45, 7) is 0.572. The molecule has 0 aromatic rings. The maximum Gasteiger partial charge on any atom is 0.306 e. The van der Waals surface area contributed by atoms with E-state index >= 15 is 0 Å². The fourth-order valence-electron chi connectivity index (χ4n) is 3.71. The van der Waals surface area contributed by atoms with Crippen LogP contribution in [0.1, 0.15) is 57.8 Å². The highest BCUT2D eigenvalue weighted by Crippen LogP contribution is 2.38. The Morgan fingerprint density at radius 3 is 2.45 bits per heavy atom. The van der Waals surface area contributed by atoms with E-state index in [4.69, 9.17) is 10.8 Å². The summed E-state index contributed by atoms with van der Waals surface area (Å²) in [6, 6.07) is 0.0296. The van der Waals surface area contributed by atoms with E-state index in [0.717, 1.165) is 32.1 Å². The smallest absolute Gasteiger partial charge is 0.306 e. The van der Waals surface area contributed by atoms with Gasteiger partial charge in [0, 0.05) is 12.5 Å². The third kappa shape index (κ3) is 3.72. The van der Waals surface area contributed by atoms with Crippen LogP contribution in [0.5, 0.6) is 0 Å². The molecule has 2 fully saturated rings. The number of carboxylic acids is 1. The lowest BCUT2D eigenvalue weighted by atomic mass is 9.71. The van der Waals surface area contributed by atoms with Gasteiger partial charge in [-0.05, 0) is 44.1 Å². The lowest BCUT2D eigenvalue weighted by molar-refractivity contribution is -0.141. The average Bonchev–Trinajstić information content (AvgIpc) is 2.88. The van der Waals surface area contributed by atoms with E-state index in [1.165, 1.54) is 6.42 Å². The Bertz CT molecular complexity index is 364. The molecule has 0 spiro atoms. The number of carbonyl (C=O) groups excluding carboxylic acids is 1. The number of nitrogens with two attached hydrogens (primary N) is 1. The molecule has 0 radical (unpaired) electrons. The Balaban J connectivity index is 1.81. The summed E-state index contributed by atoms with van der Waals surface area (Å²) < 4.78 is 0. The van der Waals surface area contributed by atoms with Gasteiger partial charge in [-0.15, -0.1) is 0 Å². The number of hydrogen-bond donors (Lipinski definition) is 3. The first-order valence-electron chi connectivity index (χ1n) is 7.77. The molecule has 0 unspecified atom stereocenters. The molecular formula is C15H26N2O3. The van der Waals surface area contributed by atoms with Gasteiger partial charge in [0.05, 0.1) is 5.92 Å². The third-order valence-corrected chi connectivity index (χ3v) is 5.03. The highest BCUT2D eigenvalue weighted by atomic mass is 16.4. The van der Waals surface area contributed by atoms with Crippen molar-refractivity contribution < 1.29 is 14.7 Å². The molecule has 2 rings (SSSR count). The van der Waals surface area contributed by atoms with E-state index in [2.05, 4.69) is 5.32 Å². The molecule has 4 N–H and O–H groups in total. The van der Waals surface area contributed by atoms with E-state index in [0.29, 0.717) is 25.8 Å². The van der Waals surface area contributed by atoms with Crippen LogP contribution < -0.4 is 11.1 Å². The zero-order chi connectivity index (χ0) is 14.6. The monoisotopic (exact) mass is 282 g/mol. The molecule has 0 aliphatic heterocycles. The summed E-state index contributed by atoms with van der Waals surface area (Å²) in [6.07, 6.45) is 8.16. The number of hydrogen-bond acceptors (Lipinski definition) is 3. The van der Waals surface area contributed by atoms with Gasteiger partial charge < -0.3 is 16.2 Å². The second kappa shape index (κ2) is 6.57. The molecule has 0 heterocycles. The van der Waals surface area contributed by atoms with Gasteiger partial charge in [0.1, 0.15) is 0 Å². The van der Waals surface area contributed by atoms with Gasteiger partial charge in [-0.3, -0.25) is 9.59 Å². The average molecular weight is 282 g/mol. The van der Waals surface area contributed by atoms with Crippen molar-refractivity contribution >= 4 is 11.9 Å². The molecule has 2 saturated carbocycles. The minimum absolute atomic E-state index is 0.0207. The van der Waals surface area contributed by atoms with Crippen molar-refractivity contribution in [1.29, 1.82) is 0 Å². The number of carboxylic acid groups (broad SMARTS) is 1. The molecule has 2 aliphatic rings. The Kier molecular flexibility index (Phi) is 5.02. The number of nitrogens with one attached hydrogen (secondary N) is 1. The summed E-state index contributed by atoms with van der Waals surface area (Å²) in [7, 11) is 0. The van der Waals surface area contributed by atoms with Crippen LogP contribution in [-0.2, 0) is 9.59 Å². The topological polar surface area (TPSA) is 92.4 Å². The molecule has 114 valence electrons. The van der Waals surface area contributed by atoms with Crippen molar-refractivity contribution in [3.8, 4) is 0 Å². The molecule has 1 amide bonds. The lowest BCUT2D eigenvalue weighted by Crippen LogP contribution is -2.41. The van der Waals surface area contributed by atoms with Crippen LogP contribution in [0.3, 0.4) is 0 Å². The Morgan fingerprint density at radius 1 is 1.20 bits per heavy atom. The summed E-state index contributed by atoms with van der Waals surface area (Å²) in [5, 5.41) is 12.0. The fraction of sp³-hybridized carbons (Fsp3) is 0.867. The number of aliphatic carboxylic acids is 1. The molecule has 5 nitrogen and oxygen atoms in total. The first-order chi connectivity index (χ1) is 9.54. The van der Waals surface area contributed by atoms with Crippen LogP contribution in [0.25, 0.3) is 0 Å². The maximum atomic E-state index is 12.2. The second-order valence-corrected chi connectivity index (χ2v) is 6.55. The van der Waals surface area contributed by atoms with Crippen LogP contribution in [0, 0.1) is 11.3 Å². The summed E-state index contributed by atoms with van der Waals surface area (Å²) >= 11 is 0. The zero-order valence-electron chi connectivity index (χ0n) is 12.1.